The second-order valence-electron chi connectivity index (χ2n) is 9.62. The molecule has 1 aromatic carbocycles. The summed E-state index contributed by atoms with van der Waals surface area (Å²) in [6, 6.07) is 1.57. The van der Waals surface area contributed by atoms with E-state index in [1.165, 1.54) is 13.0 Å². The number of rotatable bonds is 1. The zero-order chi connectivity index (χ0) is 23.6. The van der Waals surface area contributed by atoms with Crippen molar-refractivity contribution < 1.29 is 29.6 Å². The van der Waals surface area contributed by atoms with E-state index in [2.05, 4.69) is 11.5 Å². The van der Waals surface area contributed by atoms with Crippen LogP contribution in [0.5, 0.6) is 5.75 Å². The first-order chi connectivity index (χ1) is 15.6. The van der Waals surface area contributed by atoms with Crippen LogP contribution in [0.2, 0.25) is 0 Å². The molecular formula is C25H25NO7. The average molecular weight is 451 g/mol. The van der Waals surface area contributed by atoms with Gasteiger partial charge in [-0.3, -0.25) is 9.59 Å². The molecule has 5 atom stereocenters. The summed E-state index contributed by atoms with van der Waals surface area (Å²) in [6.07, 6.45) is -1.30. The molecule has 1 saturated carbocycles. The van der Waals surface area contributed by atoms with Crippen LogP contribution in [0.3, 0.4) is 0 Å². The maximum absolute atomic E-state index is 13.5. The standard InChI is InChI=1S/C25H25NO7/c1-9-7-14-17-10(2)22-19(25(31)23(30)20(28)12(4)32-24(25)33-22)16(27)8-15(17)21(29)18(14)11(3)26(9)13-5-6-13/h7-8,12-13,20,23-24,28,30-31H,2,5-6H2,1,3-4H3. The number of Topliss-reactive ketones (excluding diaryl/α,β-unsaturated/α-hetero) is 1. The highest BCUT2D eigenvalue weighted by Crippen LogP contribution is 2.45. The molecule has 2 fully saturated rings. The Hall–Kier alpha value is -2.78. The number of allylic oxidation sites excluding steroid dienone is 4. The normalized spacial score (nSPS) is 34.5. The van der Waals surface area contributed by atoms with Crippen molar-refractivity contribution in [3.63, 3.8) is 0 Å². The molecule has 5 unspecified atom stereocenters. The minimum atomic E-state index is -2.29. The van der Waals surface area contributed by atoms with Crippen LogP contribution in [-0.2, 0) is 10.3 Å². The van der Waals surface area contributed by atoms with Gasteiger partial charge in [0.25, 0.3) is 0 Å². The van der Waals surface area contributed by atoms with Gasteiger partial charge in [-0.2, -0.15) is 0 Å². The zero-order valence-corrected chi connectivity index (χ0v) is 18.6. The number of aliphatic hydroxyl groups excluding tert-OH is 2. The number of fused-ring (bicyclic) bond motifs is 5. The van der Waals surface area contributed by atoms with Crippen LogP contribution in [0, 0.1) is 0 Å². The van der Waals surface area contributed by atoms with Gasteiger partial charge in [-0.15, -0.1) is 0 Å². The van der Waals surface area contributed by atoms with Gasteiger partial charge in [0.2, 0.25) is 6.29 Å². The molecule has 3 N–H and O–H groups in total. The third kappa shape index (κ3) is 2.44. The molecule has 3 heterocycles. The molecule has 0 spiro atoms. The van der Waals surface area contributed by atoms with Crippen LogP contribution < -0.4 is 20.6 Å². The summed E-state index contributed by atoms with van der Waals surface area (Å²) >= 11 is 0. The predicted octanol–water partition coefficient (Wildman–Crippen LogP) is -0.493. The number of aliphatic hydroxyl groups is 3. The number of ketones is 1. The largest absolute Gasteiger partial charge is 0.460 e. The molecule has 2 aliphatic carbocycles. The van der Waals surface area contributed by atoms with Crippen LogP contribution in [0.1, 0.15) is 49.5 Å². The highest BCUT2D eigenvalue weighted by atomic mass is 16.7. The van der Waals surface area contributed by atoms with Crippen molar-refractivity contribution in [2.75, 3.05) is 0 Å². The Bertz CT molecular complexity index is 1390. The van der Waals surface area contributed by atoms with E-state index in [0.717, 1.165) is 24.2 Å². The number of carbonyl (C=O) groups excluding carboxylic acids is 1. The van der Waals surface area contributed by atoms with E-state index in [-0.39, 0.29) is 27.9 Å². The molecule has 0 bridgehead atoms. The highest BCUT2D eigenvalue weighted by Gasteiger charge is 2.62. The molecule has 1 saturated heterocycles. The van der Waals surface area contributed by atoms with Gasteiger partial charge in [0, 0.05) is 39.0 Å². The summed E-state index contributed by atoms with van der Waals surface area (Å²) in [5.74, 6) is -0.302. The number of carbonyl (C=O) groups is 1. The lowest BCUT2D eigenvalue weighted by atomic mass is 9.82. The summed E-state index contributed by atoms with van der Waals surface area (Å²) in [7, 11) is 0. The average Bonchev–Trinajstić information content (AvgIpc) is 3.50. The Morgan fingerprint density at radius 2 is 1.91 bits per heavy atom. The van der Waals surface area contributed by atoms with E-state index in [1.807, 2.05) is 19.9 Å². The smallest absolute Gasteiger partial charge is 0.236 e. The van der Waals surface area contributed by atoms with Crippen molar-refractivity contribution in [3.8, 4) is 5.75 Å². The van der Waals surface area contributed by atoms with Crippen molar-refractivity contribution in [2.24, 2.45) is 0 Å². The summed E-state index contributed by atoms with van der Waals surface area (Å²) in [4.78, 5) is 29.1. The fraction of sp³-hybridized carbons (Fsp3) is 0.440. The molecule has 6 rings (SSSR count). The van der Waals surface area contributed by atoms with Gasteiger partial charge >= 0.3 is 0 Å². The number of nitrogens with zero attached hydrogens (tertiary/aromatic N) is 1. The van der Waals surface area contributed by atoms with E-state index < -0.39 is 35.6 Å². The van der Waals surface area contributed by atoms with Crippen LogP contribution in [0.4, 0.5) is 0 Å². The summed E-state index contributed by atoms with van der Waals surface area (Å²) in [6.45, 7) is 9.57. The predicted molar refractivity (Wildman–Crippen MR) is 117 cm³/mol. The van der Waals surface area contributed by atoms with Crippen LogP contribution in [0.25, 0.3) is 12.2 Å². The van der Waals surface area contributed by atoms with Crippen molar-refractivity contribution in [1.82, 2.24) is 4.90 Å². The van der Waals surface area contributed by atoms with Gasteiger partial charge < -0.3 is 29.7 Å². The Morgan fingerprint density at radius 1 is 1.21 bits per heavy atom. The number of hydrogen-bond donors (Lipinski definition) is 3. The molecule has 0 radical (unpaired) electrons. The van der Waals surface area contributed by atoms with E-state index >= 15 is 0 Å². The summed E-state index contributed by atoms with van der Waals surface area (Å²) in [5, 5.41) is 33.2. The zero-order valence-electron chi connectivity index (χ0n) is 18.6. The Morgan fingerprint density at radius 3 is 2.58 bits per heavy atom. The molecule has 8 nitrogen and oxygen atoms in total. The first-order valence-electron chi connectivity index (χ1n) is 11.2. The maximum Gasteiger partial charge on any atom is 0.236 e. The van der Waals surface area contributed by atoms with Crippen molar-refractivity contribution in [3.05, 3.63) is 60.9 Å². The lowest BCUT2D eigenvalue weighted by molar-refractivity contribution is -0.307. The van der Waals surface area contributed by atoms with Gasteiger partial charge in [-0.25, -0.2) is 0 Å². The molecule has 3 aliphatic heterocycles. The van der Waals surface area contributed by atoms with Gasteiger partial charge in [0.1, 0.15) is 18.0 Å². The Balaban J connectivity index is 1.67. The van der Waals surface area contributed by atoms with E-state index in [0.29, 0.717) is 22.4 Å². The van der Waals surface area contributed by atoms with Gasteiger partial charge in [0.15, 0.2) is 16.8 Å². The third-order valence-electron chi connectivity index (χ3n) is 7.55. The number of hydrogen-bond acceptors (Lipinski definition) is 8. The van der Waals surface area contributed by atoms with Crippen molar-refractivity contribution in [1.29, 1.82) is 0 Å². The summed E-state index contributed by atoms with van der Waals surface area (Å²) < 4.78 is 11.5. The second kappa shape index (κ2) is 6.42. The fourth-order valence-electron chi connectivity index (χ4n) is 5.78. The van der Waals surface area contributed by atoms with Gasteiger partial charge in [-0.1, -0.05) is 6.58 Å². The Labute approximate surface area is 189 Å². The molecule has 0 aromatic heterocycles. The molecule has 5 aliphatic rings. The second-order valence-corrected chi connectivity index (χ2v) is 9.62. The van der Waals surface area contributed by atoms with Crippen LogP contribution >= 0.6 is 0 Å². The lowest BCUT2D eigenvalue weighted by Crippen LogP contribution is -2.63. The topological polar surface area (TPSA) is 117 Å². The van der Waals surface area contributed by atoms with Gasteiger partial charge in [0.05, 0.1) is 11.7 Å². The van der Waals surface area contributed by atoms with Crippen molar-refractivity contribution in [2.45, 2.75) is 69.9 Å². The van der Waals surface area contributed by atoms with E-state index in [1.54, 1.807) is 0 Å². The third-order valence-corrected chi connectivity index (χ3v) is 7.55. The monoisotopic (exact) mass is 451 g/mol. The molecule has 33 heavy (non-hydrogen) atoms. The SMILES string of the molecule is C=c1c2c(c(=O)cc3c1=C1C=C(C)N(C4CC4)C(C)=C1C3=O)C1(O)C(O2)OC(C)C(O)C1O. The maximum atomic E-state index is 13.5. The Kier molecular flexibility index (Phi) is 4.04. The molecule has 172 valence electrons. The van der Waals surface area contributed by atoms with Gasteiger partial charge in [-0.05, 0) is 51.3 Å². The van der Waals surface area contributed by atoms with E-state index in [9.17, 15) is 24.9 Å². The first kappa shape index (κ1) is 20.8. The molecular weight excluding hydrogens is 426 g/mol. The highest BCUT2D eigenvalue weighted by molar-refractivity contribution is 6.23. The minimum Gasteiger partial charge on any atom is -0.460 e. The molecule has 0 amide bonds. The quantitative estimate of drug-likeness (QED) is 0.524. The van der Waals surface area contributed by atoms with E-state index in [4.69, 9.17) is 9.47 Å². The first-order valence-corrected chi connectivity index (χ1v) is 11.2. The number of ether oxygens (including phenoxy) is 2. The van der Waals surface area contributed by atoms with Crippen LogP contribution in [-0.4, -0.2) is 56.6 Å². The fourth-order valence-corrected chi connectivity index (χ4v) is 5.78. The van der Waals surface area contributed by atoms with Crippen molar-refractivity contribution >= 4 is 17.9 Å². The lowest BCUT2D eigenvalue weighted by Gasteiger charge is -2.42. The molecule has 1 aromatic rings. The summed E-state index contributed by atoms with van der Waals surface area (Å²) in [5.41, 5.74) is 0.0295. The molecule has 8 heteroatoms. The van der Waals surface area contributed by atoms with Crippen LogP contribution in [0.15, 0.2) is 33.9 Å². The minimum absolute atomic E-state index is 0.0241.